The molecule has 0 saturated carbocycles. The summed E-state index contributed by atoms with van der Waals surface area (Å²) >= 11 is 15.4. The summed E-state index contributed by atoms with van der Waals surface area (Å²) in [5.41, 5.74) is 4.42. The first-order valence-electron chi connectivity index (χ1n) is 14.3. The summed E-state index contributed by atoms with van der Waals surface area (Å²) in [6, 6.07) is 17.3. The van der Waals surface area contributed by atoms with Crippen LogP contribution < -0.4 is 0 Å². The predicted molar refractivity (Wildman–Crippen MR) is 180 cm³/mol. The van der Waals surface area contributed by atoms with E-state index in [2.05, 4.69) is 36.1 Å². The topological polar surface area (TPSA) is 138 Å². The second kappa shape index (κ2) is 15.2. The molecule has 0 bridgehead atoms. The first kappa shape index (κ1) is 33.5. The van der Waals surface area contributed by atoms with E-state index < -0.39 is 5.97 Å². The summed E-state index contributed by atoms with van der Waals surface area (Å²) in [7, 11) is 0. The van der Waals surface area contributed by atoms with Gasteiger partial charge < -0.3 is 9.47 Å². The molecule has 4 aromatic heterocycles. The Labute approximate surface area is 287 Å². The minimum atomic E-state index is -0.546. The van der Waals surface area contributed by atoms with Gasteiger partial charge in [-0.25, -0.2) is 14.3 Å². The van der Waals surface area contributed by atoms with Gasteiger partial charge in [-0.05, 0) is 77.3 Å². The molecule has 6 rings (SSSR count). The number of nitriles is 1. The van der Waals surface area contributed by atoms with Crippen molar-refractivity contribution in [2.24, 2.45) is 0 Å². The Bertz CT molecular complexity index is 2140. The second-order valence-corrected chi connectivity index (χ2v) is 11.6. The minimum Gasteiger partial charge on any atom is -0.462 e. The highest BCUT2D eigenvalue weighted by Gasteiger charge is 2.19. The Hall–Kier alpha value is -4.83. The number of esters is 2. The number of halogens is 3. The van der Waals surface area contributed by atoms with Gasteiger partial charge in [-0.15, -0.1) is 0 Å². The van der Waals surface area contributed by atoms with Crippen molar-refractivity contribution >= 4 is 72.9 Å². The van der Waals surface area contributed by atoms with Crippen LogP contribution in [0.2, 0.25) is 10.0 Å². The Kier molecular flexibility index (Phi) is 10.8. The molecule has 238 valence electrons. The van der Waals surface area contributed by atoms with E-state index in [0.29, 0.717) is 39.9 Å². The highest BCUT2D eigenvalue weighted by molar-refractivity contribution is 9.10. The third-order valence-electron chi connectivity index (χ3n) is 6.80. The Morgan fingerprint density at radius 2 is 1.26 bits per heavy atom. The number of pyridine rings is 2. The van der Waals surface area contributed by atoms with Gasteiger partial charge in [-0.1, -0.05) is 35.3 Å². The van der Waals surface area contributed by atoms with Crippen molar-refractivity contribution in [2.45, 2.75) is 26.9 Å². The molecule has 4 heterocycles. The van der Waals surface area contributed by atoms with Crippen LogP contribution in [0.1, 0.15) is 51.4 Å². The van der Waals surface area contributed by atoms with Crippen molar-refractivity contribution in [1.29, 1.82) is 5.26 Å². The van der Waals surface area contributed by atoms with E-state index in [-0.39, 0.29) is 23.8 Å². The summed E-state index contributed by atoms with van der Waals surface area (Å²) in [4.78, 5) is 32.2. The largest absolute Gasteiger partial charge is 0.462 e. The molecule has 0 radical (unpaired) electrons. The Morgan fingerprint density at radius 3 is 1.79 bits per heavy atom. The number of fused-ring (bicyclic) bond motifs is 2. The van der Waals surface area contributed by atoms with Gasteiger partial charge in [-0.2, -0.15) is 15.5 Å². The van der Waals surface area contributed by atoms with Crippen LogP contribution in [0.15, 0.2) is 77.9 Å². The van der Waals surface area contributed by atoms with Gasteiger partial charge in [0.05, 0.1) is 59.8 Å². The third kappa shape index (κ3) is 7.94. The normalized spacial score (nSPS) is 10.7. The van der Waals surface area contributed by atoms with Crippen LogP contribution in [0, 0.1) is 11.3 Å². The van der Waals surface area contributed by atoms with Crippen molar-refractivity contribution in [1.82, 2.24) is 29.5 Å². The smallest absolute Gasteiger partial charge is 0.342 e. The Balaban J connectivity index is 0.000000185. The molecule has 0 saturated heterocycles. The van der Waals surface area contributed by atoms with Crippen molar-refractivity contribution in [3.05, 3.63) is 116 Å². The molecule has 0 spiro atoms. The number of hydrogen-bond donors (Lipinski definition) is 0. The minimum absolute atomic E-state index is 0.171. The average Bonchev–Trinajstić information content (AvgIpc) is 3.63. The molecule has 0 fully saturated rings. The number of nitrogens with zero attached hydrogens (tertiary/aromatic N) is 7. The first-order valence-corrected chi connectivity index (χ1v) is 15.8. The second-order valence-electron chi connectivity index (χ2n) is 9.99. The van der Waals surface area contributed by atoms with Gasteiger partial charge in [0.25, 0.3) is 0 Å². The molecule has 0 aliphatic rings. The van der Waals surface area contributed by atoms with Crippen molar-refractivity contribution in [3.8, 4) is 6.07 Å². The average molecular weight is 735 g/mol. The monoisotopic (exact) mass is 733 g/mol. The summed E-state index contributed by atoms with van der Waals surface area (Å²) < 4.78 is 13.7. The number of carbonyl (C=O) groups is 2. The molecule has 2 aromatic carbocycles. The number of hydrogen-bond acceptors (Lipinski definition) is 9. The van der Waals surface area contributed by atoms with Crippen molar-refractivity contribution < 1.29 is 19.1 Å². The number of rotatable bonds is 8. The molecule has 0 aliphatic heterocycles. The molecule has 6 aromatic rings. The van der Waals surface area contributed by atoms with Crippen molar-refractivity contribution in [3.63, 3.8) is 0 Å². The highest BCUT2D eigenvalue weighted by atomic mass is 79.9. The fourth-order valence-electron chi connectivity index (χ4n) is 4.66. The fourth-order valence-corrected chi connectivity index (χ4v) is 5.47. The van der Waals surface area contributed by atoms with E-state index >= 15 is 0 Å². The predicted octanol–water partition coefficient (Wildman–Crippen LogP) is 7.25. The molecule has 0 amide bonds. The van der Waals surface area contributed by atoms with Crippen LogP contribution in [-0.2, 0) is 22.6 Å². The molecule has 0 N–H and O–H groups in total. The van der Waals surface area contributed by atoms with Gasteiger partial charge in [-0.3, -0.25) is 14.6 Å². The van der Waals surface area contributed by atoms with Crippen LogP contribution in [0.3, 0.4) is 0 Å². The van der Waals surface area contributed by atoms with Crippen LogP contribution >= 0.6 is 39.1 Å². The van der Waals surface area contributed by atoms with Gasteiger partial charge in [0.2, 0.25) is 0 Å². The standard InChI is InChI=1S/C17H13ClN4O2.C16H13BrClN3O2/c1-2-24-17(23)14-9-21-22(16(14)7-19)10-11-3-4-15-12(5-11)6-13(18)8-20-15;1-2-23-16(22)13-8-20-21(15(13)17)9-10-3-4-14-11(5-10)6-12(18)7-19-14/h3-6,8-9H,2,10H2,1H3;3-8H,2,9H2,1H3. The summed E-state index contributed by atoms with van der Waals surface area (Å²) in [5.74, 6) is -0.935. The van der Waals surface area contributed by atoms with E-state index in [0.717, 1.165) is 32.9 Å². The maximum absolute atomic E-state index is 11.9. The number of benzene rings is 2. The first-order chi connectivity index (χ1) is 22.7. The lowest BCUT2D eigenvalue weighted by Crippen LogP contribution is -2.09. The lowest BCUT2D eigenvalue weighted by molar-refractivity contribution is 0.0516. The molecular weight excluding hydrogens is 709 g/mol. The zero-order valence-electron chi connectivity index (χ0n) is 25.2. The highest BCUT2D eigenvalue weighted by Crippen LogP contribution is 2.23. The number of aromatic nitrogens is 6. The summed E-state index contributed by atoms with van der Waals surface area (Å²) in [5, 5.41) is 20.7. The molecule has 11 nitrogen and oxygen atoms in total. The molecule has 47 heavy (non-hydrogen) atoms. The van der Waals surface area contributed by atoms with Gasteiger partial charge >= 0.3 is 11.9 Å². The van der Waals surface area contributed by atoms with E-state index in [1.165, 1.54) is 17.1 Å². The van der Waals surface area contributed by atoms with Crippen LogP contribution in [-0.4, -0.2) is 54.7 Å². The van der Waals surface area contributed by atoms with Crippen LogP contribution in [0.25, 0.3) is 21.8 Å². The molecule has 14 heteroatoms. The third-order valence-corrected chi connectivity index (χ3v) is 8.05. The summed E-state index contributed by atoms with van der Waals surface area (Å²) in [6.45, 7) is 4.92. The van der Waals surface area contributed by atoms with E-state index in [4.69, 9.17) is 32.7 Å². The lowest BCUT2D eigenvalue weighted by Gasteiger charge is -2.06. The quantitative estimate of drug-likeness (QED) is 0.148. The van der Waals surface area contributed by atoms with E-state index in [1.807, 2.05) is 54.6 Å². The maximum Gasteiger partial charge on any atom is 0.342 e. The molecule has 0 aliphatic carbocycles. The van der Waals surface area contributed by atoms with Crippen LogP contribution in [0.4, 0.5) is 0 Å². The molecular formula is C33H26BrCl2N7O4. The number of ether oxygens (including phenoxy) is 2. The van der Waals surface area contributed by atoms with E-state index in [1.54, 1.807) is 30.9 Å². The van der Waals surface area contributed by atoms with Crippen LogP contribution in [0.5, 0.6) is 0 Å². The van der Waals surface area contributed by atoms with Gasteiger partial charge in [0.1, 0.15) is 21.8 Å². The Morgan fingerprint density at radius 1 is 0.766 bits per heavy atom. The molecule has 0 atom stereocenters. The van der Waals surface area contributed by atoms with Gasteiger partial charge in [0, 0.05) is 23.2 Å². The fraction of sp³-hybridized carbons (Fsp3) is 0.182. The number of carbonyl (C=O) groups excluding carboxylic acids is 2. The SMILES string of the molecule is CCOC(=O)c1cnn(Cc2ccc3ncc(Cl)cc3c2)c1Br.CCOC(=O)c1cnn(Cc2ccc3ncc(Cl)cc3c2)c1C#N. The molecule has 0 unspecified atom stereocenters. The zero-order chi connectivity index (χ0) is 33.5. The van der Waals surface area contributed by atoms with E-state index in [9.17, 15) is 14.9 Å². The zero-order valence-corrected chi connectivity index (χ0v) is 28.3. The lowest BCUT2D eigenvalue weighted by atomic mass is 10.1. The van der Waals surface area contributed by atoms with Crippen molar-refractivity contribution in [2.75, 3.05) is 13.2 Å². The summed E-state index contributed by atoms with van der Waals surface area (Å²) in [6.07, 6.45) is 6.08. The van der Waals surface area contributed by atoms with Gasteiger partial charge in [0.15, 0.2) is 5.69 Å². The maximum atomic E-state index is 11.9.